The number of rotatable bonds is 8. The zero-order valence-corrected chi connectivity index (χ0v) is 19.2. The number of carboxylic acids is 1. The maximum Gasteiger partial charge on any atom is 0.414 e. The summed E-state index contributed by atoms with van der Waals surface area (Å²) in [7, 11) is 0. The monoisotopic (exact) mass is 448 g/mol. The molecule has 2 aromatic carbocycles. The molecule has 0 bridgehead atoms. The zero-order valence-electron chi connectivity index (χ0n) is 19.2. The molecule has 1 aliphatic heterocycles. The minimum absolute atomic E-state index is 0.0774. The van der Waals surface area contributed by atoms with Crippen LogP contribution in [0.15, 0.2) is 54.6 Å². The van der Waals surface area contributed by atoms with Crippen molar-refractivity contribution in [2.45, 2.75) is 70.2 Å². The topological polar surface area (TPSA) is 70.1 Å². The molecule has 2 saturated carbocycles. The first-order valence-corrected chi connectivity index (χ1v) is 12.1. The number of carboxylic acid groups (broad SMARTS) is 1. The second kappa shape index (κ2) is 8.82. The Morgan fingerprint density at radius 2 is 1.82 bits per heavy atom. The van der Waals surface area contributed by atoms with Crippen molar-refractivity contribution >= 4 is 17.7 Å². The van der Waals surface area contributed by atoms with E-state index in [0.717, 1.165) is 49.0 Å². The molecule has 6 nitrogen and oxygen atoms in total. The summed E-state index contributed by atoms with van der Waals surface area (Å²) in [5.41, 5.74) is 3.00. The smallest absolute Gasteiger partial charge is 0.414 e. The van der Waals surface area contributed by atoms with E-state index in [1.165, 1.54) is 0 Å². The molecule has 2 aromatic rings. The van der Waals surface area contributed by atoms with Crippen LogP contribution in [0.1, 0.15) is 62.6 Å². The quantitative estimate of drug-likeness (QED) is 0.587. The lowest BCUT2D eigenvalue weighted by atomic mass is 9.56. The third-order valence-corrected chi connectivity index (χ3v) is 7.70. The predicted octanol–water partition coefficient (Wildman–Crippen LogP) is 5.38. The molecule has 0 radical (unpaired) electrons. The van der Waals surface area contributed by atoms with Gasteiger partial charge in [0.25, 0.3) is 0 Å². The number of ether oxygens (including phenoxy) is 1. The Kier molecular flexibility index (Phi) is 5.87. The fourth-order valence-electron chi connectivity index (χ4n) is 5.85. The minimum atomic E-state index is -0.741. The van der Waals surface area contributed by atoms with Crippen LogP contribution in [0.2, 0.25) is 0 Å². The summed E-state index contributed by atoms with van der Waals surface area (Å²) >= 11 is 0. The van der Waals surface area contributed by atoms with Crippen molar-refractivity contribution in [3.8, 4) is 0 Å². The summed E-state index contributed by atoms with van der Waals surface area (Å²) in [6.07, 6.45) is 4.87. The first kappa shape index (κ1) is 22.0. The van der Waals surface area contributed by atoms with Gasteiger partial charge in [0.15, 0.2) is 0 Å². The molecule has 3 atom stereocenters. The normalized spacial score (nSPS) is 25.7. The van der Waals surface area contributed by atoms with Crippen molar-refractivity contribution < 1.29 is 19.4 Å². The van der Waals surface area contributed by atoms with Crippen LogP contribution in [0.25, 0.3) is 0 Å². The number of anilines is 1. The van der Waals surface area contributed by atoms with Gasteiger partial charge >= 0.3 is 12.1 Å². The van der Waals surface area contributed by atoms with Crippen LogP contribution < -0.4 is 4.90 Å². The Hall–Kier alpha value is -2.86. The molecule has 2 aliphatic carbocycles. The van der Waals surface area contributed by atoms with Gasteiger partial charge in [0.1, 0.15) is 6.61 Å². The number of hydrogen-bond donors (Lipinski definition) is 1. The number of carbonyl (C=O) groups is 2. The van der Waals surface area contributed by atoms with Gasteiger partial charge in [-0.05, 0) is 55.8 Å². The minimum Gasteiger partial charge on any atom is -0.481 e. The summed E-state index contributed by atoms with van der Waals surface area (Å²) < 4.78 is 5.78. The lowest BCUT2D eigenvalue weighted by Gasteiger charge is -2.61. The van der Waals surface area contributed by atoms with Crippen LogP contribution in [0.4, 0.5) is 10.5 Å². The Morgan fingerprint density at radius 3 is 2.48 bits per heavy atom. The molecular formula is C27H32N2O4. The summed E-state index contributed by atoms with van der Waals surface area (Å²) in [5.74, 6) is -0.741. The largest absolute Gasteiger partial charge is 0.481 e. The highest BCUT2D eigenvalue weighted by Crippen LogP contribution is 2.61. The van der Waals surface area contributed by atoms with E-state index in [1.54, 1.807) is 0 Å². The molecule has 174 valence electrons. The fraction of sp³-hybridized carbons (Fsp3) is 0.481. The second-order valence-electron chi connectivity index (χ2n) is 9.90. The average molecular weight is 449 g/mol. The Morgan fingerprint density at radius 1 is 1.09 bits per heavy atom. The molecule has 0 saturated heterocycles. The van der Waals surface area contributed by atoms with Gasteiger partial charge in [-0.25, -0.2) is 4.79 Å². The number of nitrogens with zero attached hydrogens (tertiary/aromatic N) is 2. The molecule has 0 spiro atoms. The molecule has 1 heterocycles. The standard InChI is InChI=1S/C27H32N2O4/c1-27-16-15-23(27)29(26(32)33-18-19-8-3-2-4-9-19)22-11-6-5-10-21(22)25(27)28(20-13-14-20)17-7-12-24(30)31/h2-6,8-11,20,23,25H,7,12-18H2,1H3,(H,30,31)/t23-,25-,27+/m1/s1. The van der Waals surface area contributed by atoms with Gasteiger partial charge in [-0.1, -0.05) is 55.5 Å². The van der Waals surface area contributed by atoms with Gasteiger partial charge < -0.3 is 9.84 Å². The highest BCUT2D eigenvalue weighted by molar-refractivity contribution is 5.91. The maximum absolute atomic E-state index is 13.4. The van der Waals surface area contributed by atoms with Crippen molar-refractivity contribution in [2.24, 2.45) is 5.41 Å². The van der Waals surface area contributed by atoms with Crippen molar-refractivity contribution in [3.63, 3.8) is 0 Å². The van der Waals surface area contributed by atoms with Gasteiger partial charge in [-0.15, -0.1) is 0 Å². The van der Waals surface area contributed by atoms with Crippen LogP contribution in [0, 0.1) is 5.41 Å². The molecule has 6 heteroatoms. The lowest BCUT2D eigenvalue weighted by Crippen LogP contribution is -2.64. The maximum atomic E-state index is 13.4. The van der Waals surface area contributed by atoms with Gasteiger partial charge in [0.05, 0.1) is 5.69 Å². The molecule has 33 heavy (non-hydrogen) atoms. The third-order valence-electron chi connectivity index (χ3n) is 7.70. The number of aliphatic carboxylic acids is 1. The summed E-state index contributed by atoms with van der Waals surface area (Å²) in [6, 6.07) is 18.8. The lowest BCUT2D eigenvalue weighted by molar-refractivity contribution is -0.137. The average Bonchev–Trinajstić information content (AvgIpc) is 3.65. The predicted molar refractivity (Wildman–Crippen MR) is 126 cm³/mol. The fourth-order valence-corrected chi connectivity index (χ4v) is 5.85. The van der Waals surface area contributed by atoms with Crippen molar-refractivity contribution in [1.82, 2.24) is 4.90 Å². The first-order chi connectivity index (χ1) is 16.0. The number of fused-ring (bicyclic) bond motifs is 2. The summed E-state index contributed by atoms with van der Waals surface area (Å²) in [5, 5.41) is 9.16. The van der Waals surface area contributed by atoms with Gasteiger partial charge in [-0.2, -0.15) is 0 Å². The van der Waals surface area contributed by atoms with E-state index in [9.17, 15) is 9.59 Å². The Labute approximate surface area is 195 Å². The van der Waals surface area contributed by atoms with E-state index in [2.05, 4.69) is 17.9 Å². The Bertz CT molecular complexity index is 1020. The number of amides is 1. The number of para-hydroxylation sites is 1. The second-order valence-corrected chi connectivity index (χ2v) is 9.90. The molecule has 2 fully saturated rings. The van der Waals surface area contributed by atoms with Crippen LogP contribution in [-0.4, -0.2) is 40.7 Å². The van der Waals surface area contributed by atoms with E-state index in [-0.39, 0.29) is 36.6 Å². The third kappa shape index (κ3) is 4.12. The van der Waals surface area contributed by atoms with Crippen LogP contribution >= 0.6 is 0 Å². The molecule has 1 N–H and O–H groups in total. The molecule has 5 rings (SSSR count). The summed E-state index contributed by atoms with van der Waals surface area (Å²) in [4.78, 5) is 28.9. The van der Waals surface area contributed by atoms with Gasteiger partial charge in [0, 0.05) is 30.0 Å². The summed E-state index contributed by atoms with van der Waals surface area (Å²) in [6.45, 7) is 3.33. The van der Waals surface area contributed by atoms with Crippen LogP contribution in [0.3, 0.4) is 0 Å². The highest BCUT2D eigenvalue weighted by atomic mass is 16.6. The number of hydrogen-bond acceptors (Lipinski definition) is 4. The zero-order chi connectivity index (χ0) is 23.0. The van der Waals surface area contributed by atoms with E-state index < -0.39 is 5.97 Å². The van der Waals surface area contributed by atoms with Gasteiger partial charge in [-0.3, -0.25) is 14.6 Å². The van der Waals surface area contributed by atoms with E-state index in [4.69, 9.17) is 9.84 Å². The van der Waals surface area contributed by atoms with Crippen LogP contribution in [0.5, 0.6) is 0 Å². The van der Waals surface area contributed by atoms with Crippen molar-refractivity contribution in [3.05, 3.63) is 65.7 Å². The SMILES string of the molecule is C[C@]12CC[C@H]1N(C(=O)OCc1ccccc1)c1ccccc1[C@H]2N(CCCC(=O)O)C1CC1. The number of carbonyl (C=O) groups excluding carboxylic acids is 1. The molecule has 3 aliphatic rings. The van der Waals surface area contributed by atoms with Gasteiger partial charge in [0.2, 0.25) is 0 Å². The molecule has 0 aromatic heterocycles. The van der Waals surface area contributed by atoms with E-state index >= 15 is 0 Å². The van der Waals surface area contributed by atoms with E-state index in [1.807, 2.05) is 53.4 Å². The Balaban J connectivity index is 1.43. The van der Waals surface area contributed by atoms with E-state index in [0.29, 0.717) is 12.5 Å². The molecule has 1 amide bonds. The highest BCUT2D eigenvalue weighted by Gasteiger charge is 2.59. The molecular weight excluding hydrogens is 416 g/mol. The van der Waals surface area contributed by atoms with Crippen molar-refractivity contribution in [2.75, 3.05) is 11.4 Å². The van der Waals surface area contributed by atoms with Crippen molar-refractivity contribution in [1.29, 1.82) is 0 Å². The first-order valence-electron chi connectivity index (χ1n) is 12.1. The van der Waals surface area contributed by atoms with Crippen LogP contribution in [-0.2, 0) is 16.1 Å². The molecule has 0 unspecified atom stereocenters. The number of benzene rings is 2.